The van der Waals surface area contributed by atoms with Crippen LogP contribution in [0.15, 0.2) is 6.07 Å². The Labute approximate surface area is 139 Å². The minimum Gasteiger partial charge on any atom is -0.341 e. The predicted molar refractivity (Wildman–Crippen MR) is 89.4 cm³/mol. The van der Waals surface area contributed by atoms with Gasteiger partial charge in [-0.1, -0.05) is 0 Å². The van der Waals surface area contributed by atoms with Crippen molar-refractivity contribution in [2.75, 3.05) is 26.7 Å². The molecule has 0 saturated carbocycles. The number of carbonyl (C=O) groups is 1. The molecule has 1 saturated heterocycles. The number of aromatic nitrogens is 2. The zero-order valence-corrected chi connectivity index (χ0v) is 14.6. The van der Waals surface area contributed by atoms with Gasteiger partial charge in [-0.25, -0.2) is 0 Å². The molecule has 0 atom stereocenters. The van der Waals surface area contributed by atoms with E-state index in [1.165, 1.54) is 0 Å². The Balaban J connectivity index is 0.00000200. The predicted octanol–water partition coefficient (Wildman–Crippen LogP) is 1.80. The van der Waals surface area contributed by atoms with Crippen LogP contribution < -0.4 is 5.32 Å². The molecule has 1 amide bonds. The summed E-state index contributed by atoms with van der Waals surface area (Å²) in [5.41, 5.74) is 2.02. The SMILES string of the molecule is CNCC1CCN(C(=O)Cn2nc(C)cc2C)CC1.Cl.Cl. The maximum absolute atomic E-state index is 12.2. The number of aryl methyl sites for hydroxylation is 2. The van der Waals surface area contributed by atoms with Crippen LogP contribution in [0.3, 0.4) is 0 Å². The molecule has 1 aliphatic heterocycles. The topological polar surface area (TPSA) is 50.2 Å². The van der Waals surface area contributed by atoms with Gasteiger partial charge in [0.25, 0.3) is 0 Å². The van der Waals surface area contributed by atoms with Crippen molar-refractivity contribution in [3.8, 4) is 0 Å². The number of hydrogen-bond acceptors (Lipinski definition) is 3. The van der Waals surface area contributed by atoms with E-state index in [2.05, 4.69) is 10.4 Å². The number of nitrogens with zero attached hydrogens (tertiary/aromatic N) is 3. The van der Waals surface area contributed by atoms with E-state index in [0.717, 1.165) is 43.9 Å². The largest absolute Gasteiger partial charge is 0.341 e. The van der Waals surface area contributed by atoms with Crippen molar-refractivity contribution >= 4 is 30.7 Å². The lowest BCUT2D eigenvalue weighted by molar-refractivity contribution is -0.133. The Bertz CT molecular complexity index is 442. The molecule has 21 heavy (non-hydrogen) atoms. The van der Waals surface area contributed by atoms with E-state index in [0.29, 0.717) is 12.5 Å². The smallest absolute Gasteiger partial charge is 0.244 e. The van der Waals surface area contributed by atoms with Gasteiger partial charge in [0.15, 0.2) is 0 Å². The summed E-state index contributed by atoms with van der Waals surface area (Å²) < 4.78 is 1.80. The first-order chi connectivity index (χ1) is 9.10. The first kappa shape index (κ1) is 20.2. The summed E-state index contributed by atoms with van der Waals surface area (Å²) in [6.07, 6.45) is 2.20. The van der Waals surface area contributed by atoms with Crippen LogP contribution >= 0.6 is 24.8 Å². The Kier molecular flexibility index (Phi) is 8.94. The third-order valence-electron chi connectivity index (χ3n) is 3.85. The van der Waals surface area contributed by atoms with Crippen LogP contribution in [-0.4, -0.2) is 47.3 Å². The first-order valence-corrected chi connectivity index (χ1v) is 7.03. The summed E-state index contributed by atoms with van der Waals surface area (Å²) >= 11 is 0. The summed E-state index contributed by atoms with van der Waals surface area (Å²) in [5, 5.41) is 7.56. The second-order valence-electron chi connectivity index (χ2n) is 5.47. The minimum atomic E-state index is 0. The number of likely N-dealkylation sites (tertiary alicyclic amines) is 1. The van der Waals surface area contributed by atoms with Crippen molar-refractivity contribution in [1.29, 1.82) is 0 Å². The molecule has 1 aromatic heterocycles. The lowest BCUT2D eigenvalue weighted by Crippen LogP contribution is -2.42. The molecule has 0 spiro atoms. The molecule has 2 rings (SSSR count). The molecule has 0 aliphatic carbocycles. The molecule has 1 aromatic rings. The van der Waals surface area contributed by atoms with Gasteiger partial charge < -0.3 is 10.2 Å². The Morgan fingerprint density at radius 3 is 2.43 bits per heavy atom. The van der Waals surface area contributed by atoms with E-state index in [1.807, 2.05) is 31.9 Å². The van der Waals surface area contributed by atoms with E-state index in [1.54, 1.807) is 4.68 Å². The average Bonchev–Trinajstić information content (AvgIpc) is 2.69. The molecule has 2 heterocycles. The summed E-state index contributed by atoms with van der Waals surface area (Å²) in [4.78, 5) is 14.2. The van der Waals surface area contributed by atoms with Gasteiger partial charge in [0.05, 0.1) is 5.69 Å². The Hall–Kier alpha value is -0.780. The number of hydrogen-bond donors (Lipinski definition) is 1. The molecule has 5 nitrogen and oxygen atoms in total. The maximum atomic E-state index is 12.2. The normalized spacial score (nSPS) is 15.3. The molecule has 122 valence electrons. The molecule has 1 aliphatic rings. The molecule has 1 fully saturated rings. The highest BCUT2D eigenvalue weighted by molar-refractivity contribution is 5.85. The maximum Gasteiger partial charge on any atom is 0.244 e. The molecule has 7 heteroatoms. The average molecular weight is 337 g/mol. The van der Waals surface area contributed by atoms with Gasteiger partial charge in [0, 0.05) is 18.8 Å². The van der Waals surface area contributed by atoms with Crippen LogP contribution in [0.5, 0.6) is 0 Å². The van der Waals surface area contributed by atoms with Crippen LogP contribution in [0.4, 0.5) is 0 Å². The molecular weight excluding hydrogens is 311 g/mol. The van der Waals surface area contributed by atoms with Gasteiger partial charge in [0.1, 0.15) is 6.54 Å². The number of halogens is 2. The monoisotopic (exact) mass is 336 g/mol. The highest BCUT2D eigenvalue weighted by atomic mass is 35.5. The molecular formula is C14H26Cl2N4O. The number of amides is 1. The van der Waals surface area contributed by atoms with Crippen LogP contribution in [0.1, 0.15) is 24.2 Å². The Morgan fingerprint density at radius 2 is 1.95 bits per heavy atom. The van der Waals surface area contributed by atoms with Crippen molar-refractivity contribution in [1.82, 2.24) is 20.0 Å². The van der Waals surface area contributed by atoms with Crippen molar-refractivity contribution in [2.24, 2.45) is 5.92 Å². The van der Waals surface area contributed by atoms with E-state index < -0.39 is 0 Å². The molecule has 0 unspecified atom stereocenters. The van der Waals surface area contributed by atoms with Crippen molar-refractivity contribution in [3.63, 3.8) is 0 Å². The lowest BCUT2D eigenvalue weighted by Gasteiger charge is -2.32. The van der Waals surface area contributed by atoms with Crippen LogP contribution in [0, 0.1) is 19.8 Å². The van der Waals surface area contributed by atoms with E-state index in [-0.39, 0.29) is 30.7 Å². The third-order valence-corrected chi connectivity index (χ3v) is 3.85. The highest BCUT2D eigenvalue weighted by Crippen LogP contribution is 2.16. The summed E-state index contributed by atoms with van der Waals surface area (Å²) in [6.45, 7) is 7.13. The van der Waals surface area contributed by atoms with Crippen molar-refractivity contribution in [3.05, 3.63) is 17.5 Å². The zero-order valence-electron chi connectivity index (χ0n) is 13.0. The second-order valence-corrected chi connectivity index (χ2v) is 5.47. The third kappa shape index (κ3) is 5.49. The molecule has 0 bridgehead atoms. The van der Waals surface area contributed by atoms with Crippen LogP contribution in [0.2, 0.25) is 0 Å². The van der Waals surface area contributed by atoms with E-state index >= 15 is 0 Å². The van der Waals surface area contributed by atoms with Gasteiger partial charge in [0.2, 0.25) is 5.91 Å². The second kappa shape index (κ2) is 9.28. The summed E-state index contributed by atoms with van der Waals surface area (Å²) in [5.74, 6) is 0.900. The van der Waals surface area contributed by atoms with Crippen molar-refractivity contribution < 1.29 is 4.79 Å². The number of nitrogens with one attached hydrogen (secondary N) is 1. The van der Waals surface area contributed by atoms with E-state index in [9.17, 15) is 4.79 Å². The zero-order chi connectivity index (χ0) is 13.8. The highest BCUT2D eigenvalue weighted by Gasteiger charge is 2.22. The summed E-state index contributed by atoms with van der Waals surface area (Å²) in [6, 6.07) is 2.01. The lowest BCUT2D eigenvalue weighted by atomic mass is 9.97. The number of carbonyl (C=O) groups excluding carboxylic acids is 1. The van der Waals surface area contributed by atoms with Gasteiger partial charge in [-0.3, -0.25) is 9.48 Å². The summed E-state index contributed by atoms with van der Waals surface area (Å²) in [7, 11) is 1.99. The standard InChI is InChI=1S/C14H24N4O.2ClH/c1-11-8-12(2)18(16-11)10-14(19)17-6-4-13(5-7-17)9-15-3;;/h8,13,15H,4-7,9-10H2,1-3H3;2*1H. The van der Waals surface area contributed by atoms with Gasteiger partial charge >= 0.3 is 0 Å². The quantitative estimate of drug-likeness (QED) is 0.912. The number of rotatable bonds is 4. The molecule has 1 N–H and O–H groups in total. The molecule has 0 aromatic carbocycles. The number of piperidine rings is 1. The van der Waals surface area contributed by atoms with Gasteiger partial charge in [-0.05, 0) is 52.3 Å². The fourth-order valence-corrected chi connectivity index (χ4v) is 2.74. The Morgan fingerprint density at radius 1 is 1.33 bits per heavy atom. The van der Waals surface area contributed by atoms with Gasteiger partial charge in [-0.2, -0.15) is 5.10 Å². The van der Waals surface area contributed by atoms with Crippen LogP contribution in [0.25, 0.3) is 0 Å². The van der Waals surface area contributed by atoms with E-state index in [4.69, 9.17) is 0 Å². The fraction of sp³-hybridized carbons (Fsp3) is 0.714. The minimum absolute atomic E-state index is 0. The van der Waals surface area contributed by atoms with Gasteiger partial charge in [-0.15, -0.1) is 24.8 Å². The van der Waals surface area contributed by atoms with Crippen molar-refractivity contribution in [2.45, 2.75) is 33.2 Å². The fourth-order valence-electron chi connectivity index (χ4n) is 2.74. The van der Waals surface area contributed by atoms with Crippen LogP contribution in [-0.2, 0) is 11.3 Å². The molecule has 0 radical (unpaired) electrons. The first-order valence-electron chi connectivity index (χ1n) is 7.03.